The summed E-state index contributed by atoms with van der Waals surface area (Å²) >= 11 is 0. The molecule has 3 heterocycles. The second kappa shape index (κ2) is 13.2. The third-order valence-electron chi connectivity index (χ3n) is 6.25. The van der Waals surface area contributed by atoms with E-state index >= 15 is 0 Å². The SMILES string of the molecule is CC[C@@H](C(=O)N[C@H](/C=C/C(=O)OCC(C)(C)C)C[C@@H]1CCNC1=O)n1cccc(NC(=O)c2cc(C)on2)c1=O. The molecule has 2 aromatic rings. The maximum atomic E-state index is 13.4. The lowest BCUT2D eigenvalue weighted by Gasteiger charge is -2.23. The molecule has 1 aliphatic rings. The first-order valence-corrected chi connectivity index (χ1v) is 13.3. The lowest BCUT2D eigenvalue weighted by Crippen LogP contribution is -2.43. The summed E-state index contributed by atoms with van der Waals surface area (Å²) in [6, 6.07) is 2.84. The number of hydrogen-bond donors (Lipinski definition) is 3. The first-order chi connectivity index (χ1) is 18.9. The summed E-state index contributed by atoms with van der Waals surface area (Å²) in [6.45, 7) is 9.97. The molecule has 0 aromatic carbocycles. The molecule has 3 rings (SSSR count). The van der Waals surface area contributed by atoms with Crippen LogP contribution in [-0.2, 0) is 19.1 Å². The van der Waals surface area contributed by atoms with Gasteiger partial charge in [-0.25, -0.2) is 4.79 Å². The van der Waals surface area contributed by atoms with E-state index in [0.717, 1.165) is 0 Å². The van der Waals surface area contributed by atoms with Crippen LogP contribution in [0.3, 0.4) is 0 Å². The fourth-order valence-corrected chi connectivity index (χ4v) is 4.19. The van der Waals surface area contributed by atoms with E-state index in [2.05, 4.69) is 21.1 Å². The van der Waals surface area contributed by atoms with Crippen molar-refractivity contribution >= 4 is 29.4 Å². The molecule has 2 aromatic heterocycles. The predicted molar refractivity (Wildman–Crippen MR) is 146 cm³/mol. The van der Waals surface area contributed by atoms with E-state index in [1.165, 1.54) is 35.0 Å². The number of aryl methyl sites for hydroxylation is 1. The third-order valence-corrected chi connectivity index (χ3v) is 6.25. The largest absolute Gasteiger partial charge is 0.462 e. The number of hydrogen-bond acceptors (Lipinski definition) is 8. The smallest absolute Gasteiger partial charge is 0.330 e. The van der Waals surface area contributed by atoms with Crippen molar-refractivity contribution in [2.45, 2.75) is 66.0 Å². The Morgan fingerprint density at radius 3 is 2.65 bits per heavy atom. The van der Waals surface area contributed by atoms with Gasteiger partial charge in [-0.15, -0.1) is 0 Å². The topological polar surface area (TPSA) is 162 Å². The maximum absolute atomic E-state index is 13.4. The van der Waals surface area contributed by atoms with Gasteiger partial charge in [0.05, 0.1) is 6.61 Å². The van der Waals surface area contributed by atoms with Crippen molar-refractivity contribution in [3.05, 3.63) is 58.4 Å². The number of rotatable bonds is 11. The van der Waals surface area contributed by atoms with Gasteiger partial charge in [0.25, 0.3) is 11.5 Å². The molecule has 0 radical (unpaired) electrons. The number of pyridine rings is 1. The standard InChI is InChI=1S/C28H37N5O7/c1-6-22(33-13-7-8-20(27(33)38)31-25(36)21-14-17(2)40-32-21)26(37)30-19(15-18-11-12-29-24(18)35)9-10-23(34)39-16-28(3,4)5/h7-10,13-14,18-19,22H,6,11-12,15-16H2,1-5H3,(H,29,35)(H,30,37)(H,31,36)/b10-9+/t18-,19+,22-/m0/s1. The van der Waals surface area contributed by atoms with Gasteiger partial charge >= 0.3 is 5.97 Å². The molecule has 0 saturated carbocycles. The average Bonchev–Trinajstić information content (AvgIpc) is 3.51. The molecule has 1 fully saturated rings. The summed E-state index contributed by atoms with van der Waals surface area (Å²) in [5.41, 5.74) is -0.794. The molecule has 3 N–H and O–H groups in total. The molecule has 0 bridgehead atoms. The van der Waals surface area contributed by atoms with Gasteiger partial charge in [-0.1, -0.05) is 38.9 Å². The number of anilines is 1. The molecule has 3 amide bonds. The van der Waals surface area contributed by atoms with Crippen molar-refractivity contribution in [1.29, 1.82) is 0 Å². The van der Waals surface area contributed by atoms with Crippen molar-refractivity contribution in [1.82, 2.24) is 20.4 Å². The summed E-state index contributed by atoms with van der Waals surface area (Å²) in [5.74, 6) is -1.66. The molecule has 12 heteroatoms. The Bertz CT molecular complexity index is 1320. The van der Waals surface area contributed by atoms with Gasteiger partial charge in [0.1, 0.15) is 17.5 Å². The highest BCUT2D eigenvalue weighted by atomic mass is 16.5. The normalized spacial score (nSPS) is 16.8. The van der Waals surface area contributed by atoms with Crippen molar-refractivity contribution in [2.24, 2.45) is 11.3 Å². The molecule has 0 spiro atoms. The summed E-state index contributed by atoms with van der Waals surface area (Å²) in [5, 5.41) is 11.8. The number of carbonyl (C=O) groups is 4. The number of nitrogens with one attached hydrogen (secondary N) is 3. The van der Waals surface area contributed by atoms with Crippen molar-refractivity contribution in [3.63, 3.8) is 0 Å². The molecule has 3 atom stereocenters. The molecule has 40 heavy (non-hydrogen) atoms. The van der Waals surface area contributed by atoms with Crippen LogP contribution in [0.25, 0.3) is 0 Å². The maximum Gasteiger partial charge on any atom is 0.330 e. The minimum Gasteiger partial charge on any atom is -0.462 e. The van der Waals surface area contributed by atoms with E-state index < -0.39 is 35.4 Å². The highest BCUT2D eigenvalue weighted by Crippen LogP contribution is 2.19. The molecule has 0 aliphatic carbocycles. The van der Waals surface area contributed by atoms with Crippen LogP contribution in [0.2, 0.25) is 0 Å². The van der Waals surface area contributed by atoms with E-state index in [1.807, 2.05) is 20.8 Å². The summed E-state index contributed by atoms with van der Waals surface area (Å²) in [4.78, 5) is 63.6. The zero-order chi connectivity index (χ0) is 29.4. The molecule has 0 unspecified atom stereocenters. The van der Waals surface area contributed by atoms with E-state index in [9.17, 15) is 24.0 Å². The molecule has 216 valence electrons. The highest BCUT2D eigenvalue weighted by molar-refractivity contribution is 6.02. The predicted octanol–water partition coefficient (Wildman–Crippen LogP) is 2.50. The van der Waals surface area contributed by atoms with Gasteiger partial charge in [-0.3, -0.25) is 19.2 Å². The van der Waals surface area contributed by atoms with Crippen LogP contribution >= 0.6 is 0 Å². The minimum absolute atomic E-state index is 0.0173. The fraction of sp³-hybridized carbons (Fsp3) is 0.500. The number of ether oxygens (including phenoxy) is 1. The van der Waals surface area contributed by atoms with Crippen molar-refractivity contribution in [2.75, 3.05) is 18.5 Å². The van der Waals surface area contributed by atoms with Crippen LogP contribution in [0.5, 0.6) is 0 Å². The van der Waals surface area contributed by atoms with E-state index in [-0.39, 0.29) is 48.1 Å². The van der Waals surface area contributed by atoms with E-state index in [1.54, 1.807) is 19.9 Å². The van der Waals surface area contributed by atoms with Crippen LogP contribution < -0.4 is 21.5 Å². The minimum atomic E-state index is -0.917. The third kappa shape index (κ3) is 8.39. The Balaban J connectivity index is 1.77. The fourth-order valence-electron chi connectivity index (χ4n) is 4.19. The molecule has 12 nitrogen and oxygen atoms in total. The Morgan fingerprint density at radius 1 is 1.30 bits per heavy atom. The van der Waals surface area contributed by atoms with Crippen LogP contribution in [0.15, 0.2) is 45.9 Å². The molecule has 1 aliphatic heterocycles. The number of esters is 1. The quantitative estimate of drug-likeness (QED) is 0.281. The van der Waals surface area contributed by atoms with Crippen LogP contribution in [0.4, 0.5) is 5.69 Å². The van der Waals surface area contributed by atoms with Gasteiger partial charge in [0.15, 0.2) is 5.69 Å². The van der Waals surface area contributed by atoms with E-state index in [4.69, 9.17) is 9.26 Å². The van der Waals surface area contributed by atoms with Crippen molar-refractivity contribution in [3.8, 4) is 0 Å². The number of carbonyl (C=O) groups excluding carboxylic acids is 4. The monoisotopic (exact) mass is 555 g/mol. The zero-order valence-electron chi connectivity index (χ0n) is 23.5. The first-order valence-electron chi connectivity index (χ1n) is 13.3. The lowest BCUT2D eigenvalue weighted by atomic mass is 9.97. The molecular formula is C28H37N5O7. The summed E-state index contributed by atoms with van der Waals surface area (Å²) in [7, 11) is 0. The Labute approximate surface area is 232 Å². The van der Waals surface area contributed by atoms with Crippen molar-refractivity contribution < 1.29 is 28.4 Å². The zero-order valence-corrected chi connectivity index (χ0v) is 23.5. The Morgan fingerprint density at radius 2 is 2.05 bits per heavy atom. The summed E-state index contributed by atoms with van der Waals surface area (Å²) < 4.78 is 11.4. The second-order valence-electron chi connectivity index (χ2n) is 11.0. The molecule has 1 saturated heterocycles. The number of amides is 3. The number of nitrogens with zero attached hydrogens (tertiary/aromatic N) is 2. The molecular weight excluding hydrogens is 518 g/mol. The number of aromatic nitrogens is 2. The first kappa shape index (κ1) is 30.3. The van der Waals surface area contributed by atoms with Gasteiger partial charge < -0.3 is 29.8 Å². The summed E-state index contributed by atoms with van der Waals surface area (Å²) in [6.07, 6.45) is 5.37. The van der Waals surface area contributed by atoms with Gasteiger partial charge in [-0.2, -0.15) is 0 Å². The van der Waals surface area contributed by atoms with Gasteiger partial charge in [0.2, 0.25) is 11.8 Å². The van der Waals surface area contributed by atoms with Gasteiger partial charge in [0, 0.05) is 36.8 Å². The van der Waals surface area contributed by atoms with Gasteiger partial charge in [-0.05, 0) is 43.7 Å². The van der Waals surface area contributed by atoms with Crippen LogP contribution in [-0.4, -0.2) is 52.6 Å². The Kier molecular flexibility index (Phi) is 10.0. The van der Waals surface area contributed by atoms with Crippen LogP contribution in [0.1, 0.15) is 69.2 Å². The average molecular weight is 556 g/mol. The van der Waals surface area contributed by atoms with E-state index in [0.29, 0.717) is 18.7 Å². The van der Waals surface area contributed by atoms with Crippen LogP contribution in [0, 0.1) is 18.3 Å². The lowest BCUT2D eigenvalue weighted by molar-refractivity contribution is -0.140. The second-order valence-corrected chi connectivity index (χ2v) is 11.0. The Hall–Kier alpha value is -4.22. The highest BCUT2D eigenvalue weighted by Gasteiger charge is 2.29.